The normalized spacial score (nSPS) is 19.4. The van der Waals surface area contributed by atoms with Crippen LogP contribution in [-0.4, -0.2) is 64.1 Å². The first-order valence-electron chi connectivity index (χ1n) is 11.1. The molecule has 0 aliphatic carbocycles. The molecule has 2 heterocycles. The quantitative estimate of drug-likeness (QED) is 0.657. The van der Waals surface area contributed by atoms with E-state index < -0.39 is 10.0 Å². The van der Waals surface area contributed by atoms with Crippen LogP contribution in [0.15, 0.2) is 53.4 Å². The third-order valence-corrected chi connectivity index (χ3v) is 8.20. The molecule has 6 nitrogen and oxygen atoms in total. The first kappa shape index (κ1) is 22.3. The lowest BCUT2D eigenvalue weighted by Crippen LogP contribution is -2.38. The topological polar surface area (TPSA) is 59.1 Å². The highest BCUT2D eigenvalue weighted by molar-refractivity contribution is 7.89. The number of morpholine rings is 1. The summed E-state index contributed by atoms with van der Waals surface area (Å²) in [5.74, 6) is 1.08. The zero-order valence-electron chi connectivity index (χ0n) is 18.2. The lowest BCUT2D eigenvalue weighted by molar-refractivity contribution is 0.0342. The molecule has 2 saturated heterocycles. The number of ether oxygens (including phenoxy) is 2. The van der Waals surface area contributed by atoms with Crippen molar-refractivity contribution in [2.24, 2.45) is 5.92 Å². The molecule has 2 aromatic rings. The molecule has 7 heteroatoms. The molecule has 2 aliphatic heterocycles. The summed E-state index contributed by atoms with van der Waals surface area (Å²) in [6.07, 6.45) is 2.78. The van der Waals surface area contributed by atoms with E-state index in [2.05, 4.69) is 29.2 Å². The number of benzene rings is 2. The first-order valence-corrected chi connectivity index (χ1v) is 12.5. The third kappa shape index (κ3) is 5.66. The molecule has 168 valence electrons. The van der Waals surface area contributed by atoms with Crippen LogP contribution in [-0.2, 0) is 27.7 Å². The minimum absolute atomic E-state index is 0.307. The zero-order chi connectivity index (χ0) is 21.7. The Balaban J connectivity index is 1.29. The Morgan fingerprint density at radius 3 is 2.32 bits per heavy atom. The minimum Gasteiger partial charge on any atom is -0.497 e. The predicted octanol–water partition coefficient (Wildman–Crippen LogP) is 3.17. The van der Waals surface area contributed by atoms with Gasteiger partial charge in [-0.2, -0.15) is 4.31 Å². The maximum Gasteiger partial charge on any atom is 0.243 e. The summed E-state index contributed by atoms with van der Waals surface area (Å²) in [4.78, 5) is 2.73. The fourth-order valence-electron chi connectivity index (χ4n) is 4.40. The Morgan fingerprint density at radius 2 is 1.65 bits per heavy atom. The van der Waals surface area contributed by atoms with Gasteiger partial charge in [-0.3, -0.25) is 4.90 Å². The van der Waals surface area contributed by atoms with Crippen LogP contribution in [0.4, 0.5) is 0 Å². The maximum absolute atomic E-state index is 13.0. The van der Waals surface area contributed by atoms with E-state index in [0.29, 0.717) is 29.7 Å². The number of rotatable bonds is 7. The highest BCUT2D eigenvalue weighted by atomic mass is 32.2. The molecule has 0 saturated carbocycles. The molecule has 4 rings (SSSR count). The minimum atomic E-state index is -3.47. The Morgan fingerprint density at radius 1 is 0.968 bits per heavy atom. The van der Waals surface area contributed by atoms with Crippen molar-refractivity contribution in [2.75, 3.05) is 46.5 Å². The van der Waals surface area contributed by atoms with E-state index >= 15 is 0 Å². The summed E-state index contributed by atoms with van der Waals surface area (Å²) in [6, 6.07) is 15.6. The van der Waals surface area contributed by atoms with Gasteiger partial charge in [0.05, 0.1) is 25.2 Å². The van der Waals surface area contributed by atoms with Crippen LogP contribution < -0.4 is 4.74 Å². The van der Waals surface area contributed by atoms with Crippen molar-refractivity contribution in [2.45, 2.75) is 30.7 Å². The van der Waals surface area contributed by atoms with Crippen LogP contribution in [0.2, 0.25) is 0 Å². The van der Waals surface area contributed by atoms with Crippen LogP contribution in [0.25, 0.3) is 0 Å². The van der Waals surface area contributed by atoms with E-state index in [1.807, 2.05) is 0 Å². The molecular formula is C24H32N2O4S. The fraction of sp³-hybridized carbons (Fsp3) is 0.500. The van der Waals surface area contributed by atoms with Gasteiger partial charge in [-0.25, -0.2) is 8.42 Å². The second-order valence-electron chi connectivity index (χ2n) is 8.44. The van der Waals surface area contributed by atoms with Gasteiger partial charge in [0.2, 0.25) is 10.0 Å². The molecule has 0 bridgehead atoms. The Bertz CT molecular complexity index is 948. The molecule has 31 heavy (non-hydrogen) atoms. The Hall–Kier alpha value is -1.93. The summed E-state index contributed by atoms with van der Waals surface area (Å²) in [5, 5.41) is 0. The van der Waals surface area contributed by atoms with Gasteiger partial charge in [-0.15, -0.1) is 0 Å². The van der Waals surface area contributed by atoms with Gasteiger partial charge >= 0.3 is 0 Å². The SMILES string of the molecule is COc1cccc(S(=O)(=O)N2CCC(Cc3ccc(CN4CCOCC4)cc3)CC2)c1. The van der Waals surface area contributed by atoms with E-state index in [-0.39, 0.29) is 0 Å². The van der Waals surface area contributed by atoms with Crippen molar-refractivity contribution >= 4 is 10.0 Å². The average Bonchev–Trinajstić information content (AvgIpc) is 2.81. The molecule has 0 unspecified atom stereocenters. The van der Waals surface area contributed by atoms with Crippen LogP contribution >= 0.6 is 0 Å². The third-order valence-electron chi connectivity index (χ3n) is 6.31. The second-order valence-corrected chi connectivity index (χ2v) is 10.4. The highest BCUT2D eigenvalue weighted by Crippen LogP contribution is 2.27. The molecule has 2 aliphatic rings. The molecule has 0 amide bonds. The van der Waals surface area contributed by atoms with E-state index in [1.54, 1.807) is 35.7 Å². The van der Waals surface area contributed by atoms with Gasteiger partial charge in [0.1, 0.15) is 5.75 Å². The van der Waals surface area contributed by atoms with Crippen molar-refractivity contribution in [1.82, 2.24) is 9.21 Å². The number of hydrogen-bond acceptors (Lipinski definition) is 5. The highest BCUT2D eigenvalue weighted by Gasteiger charge is 2.29. The molecular weight excluding hydrogens is 412 g/mol. The number of nitrogens with zero attached hydrogens (tertiary/aromatic N) is 2. The summed E-state index contributed by atoms with van der Waals surface area (Å²) < 4.78 is 38.2. The summed E-state index contributed by atoms with van der Waals surface area (Å²) >= 11 is 0. The summed E-state index contributed by atoms with van der Waals surface area (Å²) in [7, 11) is -1.92. The zero-order valence-corrected chi connectivity index (χ0v) is 19.0. The number of methoxy groups -OCH3 is 1. The Kier molecular flexibility index (Phi) is 7.27. The average molecular weight is 445 g/mol. The lowest BCUT2D eigenvalue weighted by atomic mass is 9.91. The molecule has 0 radical (unpaired) electrons. The van der Waals surface area contributed by atoms with Crippen molar-refractivity contribution in [3.63, 3.8) is 0 Å². The maximum atomic E-state index is 13.0. The van der Waals surface area contributed by atoms with E-state index in [9.17, 15) is 8.42 Å². The van der Waals surface area contributed by atoms with Crippen LogP contribution in [0.3, 0.4) is 0 Å². The van der Waals surface area contributed by atoms with Gasteiger partial charge in [-0.1, -0.05) is 30.3 Å². The van der Waals surface area contributed by atoms with E-state index in [1.165, 1.54) is 11.1 Å². The van der Waals surface area contributed by atoms with Gasteiger partial charge < -0.3 is 9.47 Å². The van der Waals surface area contributed by atoms with E-state index in [4.69, 9.17) is 9.47 Å². The van der Waals surface area contributed by atoms with Crippen molar-refractivity contribution in [3.05, 3.63) is 59.7 Å². The largest absolute Gasteiger partial charge is 0.497 e. The van der Waals surface area contributed by atoms with Gasteiger partial charge in [0.15, 0.2) is 0 Å². The molecule has 0 N–H and O–H groups in total. The second kappa shape index (κ2) is 10.1. The monoisotopic (exact) mass is 444 g/mol. The van der Waals surface area contributed by atoms with Crippen LogP contribution in [0.5, 0.6) is 5.75 Å². The summed E-state index contributed by atoms with van der Waals surface area (Å²) in [5.41, 5.74) is 2.67. The molecule has 2 fully saturated rings. The molecule has 0 atom stereocenters. The molecule has 0 spiro atoms. The van der Waals surface area contributed by atoms with Gasteiger partial charge in [0.25, 0.3) is 0 Å². The number of sulfonamides is 1. The standard InChI is InChI=1S/C24H32N2O4S/c1-29-23-3-2-4-24(18-23)31(27,28)26-11-9-21(10-12-26)17-20-5-7-22(8-6-20)19-25-13-15-30-16-14-25/h2-8,18,21H,9-17,19H2,1H3. The van der Waals surface area contributed by atoms with Crippen molar-refractivity contribution in [1.29, 1.82) is 0 Å². The van der Waals surface area contributed by atoms with Crippen LogP contribution in [0.1, 0.15) is 24.0 Å². The number of hydrogen-bond donors (Lipinski definition) is 0. The smallest absolute Gasteiger partial charge is 0.243 e. The number of piperidine rings is 1. The van der Waals surface area contributed by atoms with Crippen molar-refractivity contribution < 1.29 is 17.9 Å². The van der Waals surface area contributed by atoms with Gasteiger partial charge in [-0.05, 0) is 48.4 Å². The first-order chi connectivity index (χ1) is 15.0. The fourth-order valence-corrected chi connectivity index (χ4v) is 5.90. The predicted molar refractivity (Wildman–Crippen MR) is 121 cm³/mol. The lowest BCUT2D eigenvalue weighted by Gasteiger charge is -2.31. The van der Waals surface area contributed by atoms with Crippen LogP contribution in [0, 0.1) is 5.92 Å². The molecule has 0 aromatic heterocycles. The Labute approximate surface area is 185 Å². The van der Waals surface area contributed by atoms with Gasteiger partial charge in [0, 0.05) is 38.8 Å². The van der Waals surface area contributed by atoms with E-state index in [0.717, 1.165) is 52.1 Å². The molecule has 2 aromatic carbocycles. The summed E-state index contributed by atoms with van der Waals surface area (Å²) in [6.45, 7) is 5.76. The van der Waals surface area contributed by atoms with Crippen molar-refractivity contribution in [3.8, 4) is 5.75 Å².